The highest BCUT2D eigenvalue weighted by Crippen LogP contribution is 2.09. The summed E-state index contributed by atoms with van der Waals surface area (Å²) < 4.78 is 0. The molecule has 0 unspecified atom stereocenters. The maximum atomic E-state index is 11.9. The normalized spacial score (nSPS) is 10.5. The summed E-state index contributed by atoms with van der Waals surface area (Å²) in [7, 11) is 0. The smallest absolute Gasteiger partial charge is 0.271 e. The van der Waals surface area contributed by atoms with Gasteiger partial charge in [-0.2, -0.15) is 5.10 Å². The monoisotopic (exact) mass is 309 g/mol. The van der Waals surface area contributed by atoms with Crippen molar-refractivity contribution in [3.05, 3.63) is 65.7 Å². The van der Waals surface area contributed by atoms with Gasteiger partial charge >= 0.3 is 0 Å². The van der Waals surface area contributed by atoms with E-state index in [9.17, 15) is 9.59 Å². The van der Waals surface area contributed by atoms with Crippen LogP contribution in [0.5, 0.6) is 0 Å². The zero-order chi connectivity index (χ0) is 16.5. The minimum Gasteiger partial charge on any atom is -0.326 e. The summed E-state index contributed by atoms with van der Waals surface area (Å²) in [6.07, 6.45) is 2.73. The molecule has 2 N–H and O–H groups in total. The number of carbonyl (C=O) groups is 2. The van der Waals surface area contributed by atoms with Crippen molar-refractivity contribution in [3.63, 3.8) is 0 Å². The molecule has 0 aromatic heterocycles. The Morgan fingerprint density at radius 2 is 1.74 bits per heavy atom. The average molecular weight is 309 g/mol. The van der Waals surface area contributed by atoms with E-state index < -0.39 is 0 Å². The van der Waals surface area contributed by atoms with Gasteiger partial charge in [-0.05, 0) is 29.8 Å². The Balaban J connectivity index is 1.84. The minimum absolute atomic E-state index is 0.0623. The lowest BCUT2D eigenvalue weighted by Gasteiger charge is -2.04. The van der Waals surface area contributed by atoms with Crippen LogP contribution < -0.4 is 10.7 Å². The zero-order valence-corrected chi connectivity index (χ0v) is 13.0. The fourth-order valence-electron chi connectivity index (χ4n) is 1.89. The number of rotatable bonds is 6. The Morgan fingerprint density at radius 1 is 1.04 bits per heavy atom. The van der Waals surface area contributed by atoms with Crippen LogP contribution in [0.25, 0.3) is 0 Å². The quantitative estimate of drug-likeness (QED) is 0.636. The third-order valence-corrected chi connectivity index (χ3v) is 3.18. The minimum atomic E-state index is -0.289. The second-order valence-electron chi connectivity index (χ2n) is 4.92. The van der Waals surface area contributed by atoms with Gasteiger partial charge in [-0.15, -0.1) is 0 Å². The molecular formula is C18H19N3O2. The highest BCUT2D eigenvalue weighted by atomic mass is 16.2. The summed E-state index contributed by atoms with van der Waals surface area (Å²) in [5.74, 6) is -0.351. The van der Waals surface area contributed by atoms with Crippen LogP contribution in [0.2, 0.25) is 0 Å². The van der Waals surface area contributed by atoms with Crippen molar-refractivity contribution in [1.29, 1.82) is 0 Å². The molecule has 0 aliphatic heterocycles. The molecule has 0 aliphatic carbocycles. The van der Waals surface area contributed by atoms with Gasteiger partial charge in [-0.3, -0.25) is 9.59 Å². The zero-order valence-electron chi connectivity index (χ0n) is 13.0. The van der Waals surface area contributed by atoms with Crippen LogP contribution in [-0.2, 0) is 11.2 Å². The van der Waals surface area contributed by atoms with Crippen LogP contribution >= 0.6 is 0 Å². The molecule has 5 heteroatoms. The second kappa shape index (κ2) is 8.48. The molecule has 2 rings (SSSR count). The number of anilines is 1. The highest BCUT2D eigenvalue weighted by Gasteiger charge is 2.04. The number of amides is 2. The molecule has 23 heavy (non-hydrogen) atoms. The van der Waals surface area contributed by atoms with Crippen LogP contribution in [0.4, 0.5) is 5.69 Å². The first-order valence-corrected chi connectivity index (χ1v) is 7.44. The first-order chi connectivity index (χ1) is 11.2. The molecule has 0 heterocycles. The first-order valence-electron chi connectivity index (χ1n) is 7.44. The molecule has 0 saturated heterocycles. The number of hydrogen-bond donors (Lipinski definition) is 2. The van der Waals surface area contributed by atoms with Crippen molar-refractivity contribution in [2.45, 2.75) is 19.8 Å². The summed E-state index contributed by atoms with van der Waals surface area (Å²) >= 11 is 0. The molecule has 0 saturated carbocycles. The molecule has 2 aromatic carbocycles. The Labute approximate surface area is 135 Å². The molecule has 0 aliphatic rings. The van der Waals surface area contributed by atoms with Gasteiger partial charge in [-0.25, -0.2) is 5.43 Å². The van der Waals surface area contributed by atoms with Crippen molar-refractivity contribution in [2.75, 3.05) is 5.32 Å². The van der Waals surface area contributed by atoms with Crippen molar-refractivity contribution < 1.29 is 9.59 Å². The molecule has 0 atom stereocenters. The van der Waals surface area contributed by atoms with Crippen LogP contribution in [0.3, 0.4) is 0 Å². The molecule has 118 valence electrons. The van der Waals surface area contributed by atoms with Crippen LogP contribution in [0.1, 0.15) is 29.3 Å². The van der Waals surface area contributed by atoms with Crippen LogP contribution in [-0.4, -0.2) is 18.0 Å². The number of nitrogens with one attached hydrogen (secondary N) is 2. The van der Waals surface area contributed by atoms with Gasteiger partial charge in [0.15, 0.2) is 0 Å². The first kappa shape index (κ1) is 16.4. The van der Waals surface area contributed by atoms with Gasteiger partial charge in [0.05, 0.1) is 0 Å². The predicted molar refractivity (Wildman–Crippen MR) is 91.5 cm³/mol. The van der Waals surface area contributed by atoms with E-state index in [1.165, 1.54) is 0 Å². The van der Waals surface area contributed by atoms with Gasteiger partial charge in [0.25, 0.3) is 5.91 Å². The fourth-order valence-corrected chi connectivity index (χ4v) is 1.89. The number of carbonyl (C=O) groups excluding carboxylic acids is 2. The third-order valence-electron chi connectivity index (χ3n) is 3.18. The summed E-state index contributed by atoms with van der Waals surface area (Å²) in [4.78, 5) is 23.2. The molecule has 2 aromatic rings. The van der Waals surface area contributed by atoms with E-state index in [-0.39, 0.29) is 11.8 Å². The SMILES string of the molecule is CCC(=O)Nc1ccc(C(=O)NN=CCc2ccccc2)cc1. The van der Waals surface area contributed by atoms with E-state index >= 15 is 0 Å². The summed E-state index contributed by atoms with van der Waals surface area (Å²) in [5, 5.41) is 6.66. The molecule has 0 spiro atoms. The Morgan fingerprint density at radius 3 is 2.39 bits per heavy atom. The fraction of sp³-hybridized carbons (Fsp3) is 0.167. The van der Waals surface area contributed by atoms with E-state index in [4.69, 9.17) is 0 Å². The van der Waals surface area contributed by atoms with Gasteiger partial charge in [-0.1, -0.05) is 37.3 Å². The van der Waals surface area contributed by atoms with Gasteiger partial charge < -0.3 is 5.32 Å². The van der Waals surface area contributed by atoms with Gasteiger partial charge in [0, 0.05) is 30.3 Å². The molecule has 0 bridgehead atoms. The van der Waals surface area contributed by atoms with Gasteiger partial charge in [0.1, 0.15) is 0 Å². The molecule has 0 radical (unpaired) electrons. The van der Waals surface area contributed by atoms with Crippen molar-refractivity contribution >= 4 is 23.7 Å². The van der Waals surface area contributed by atoms with Crippen LogP contribution in [0, 0.1) is 0 Å². The van der Waals surface area contributed by atoms with E-state index in [0.29, 0.717) is 24.1 Å². The molecule has 2 amide bonds. The lowest BCUT2D eigenvalue weighted by Crippen LogP contribution is -2.17. The highest BCUT2D eigenvalue weighted by molar-refractivity contribution is 5.95. The average Bonchev–Trinajstić information content (AvgIpc) is 2.60. The lowest BCUT2D eigenvalue weighted by molar-refractivity contribution is -0.115. The van der Waals surface area contributed by atoms with E-state index in [0.717, 1.165) is 5.56 Å². The summed E-state index contributed by atoms with van der Waals surface area (Å²) in [6, 6.07) is 16.5. The largest absolute Gasteiger partial charge is 0.326 e. The maximum absolute atomic E-state index is 11.9. The number of hydrogen-bond acceptors (Lipinski definition) is 3. The van der Waals surface area contributed by atoms with E-state index in [1.54, 1.807) is 37.4 Å². The Kier molecular flexibility index (Phi) is 6.06. The Bertz CT molecular complexity index is 679. The standard InChI is InChI=1S/C18H19N3O2/c1-2-17(22)20-16-10-8-15(9-11-16)18(23)21-19-13-12-14-6-4-3-5-7-14/h3-11,13H,2,12H2,1H3,(H,20,22)(H,21,23). The molecule has 5 nitrogen and oxygen atoms in total. The molecule has 0 fully saturated rings. The van der Waals surface area contributed by atoms with Crippen molar-refractivity contribution in [3.8, 4) is 0 Å². The summed E-state index contributed by atoms with van der Waals surface area (Å²) in [6.45, 7) is 1.78. The number of hydrazone groups is 1. The number of nitrogens with zero attached hydrogens (tertiary/aromatic N) is 1. The number of benzene rings is 2. The lowest BCUT2D eigenvalue weighted by atomic mass is 10.2. The van der Waals surface area contributed by atoms with Crippen molar-refractivity contribution in [1.82, 2.24) is 5.43 Å². The van der Waals surface area contributed by atoms with E-state index in [2.05, 4.69) is 15.8 Å². The Hall–Kier alpha value is -2.95. The third kappa shape index (κ3) is 5.39. The van der Waals surface area contributed by atoms with Crippen molar-refractivity contribution in [2.24, 2.45) is 5.10 Å². The topological polar surface area (TPSA) is 70.6 Å². The maximum Gasteiger partial charge on any atom is 0.271 e. The second-order valence-corrected chi connectivity index (χ2v) is 4.92. The molecular weight excluding hydrogens is 290 g/mol. The van der Waals surface area contributed by atoms with E-state index in [1.807, 2.05) is 30.3 Å². The van der Waals surface area contributed by atoms with Gasteiger partial charge in [0.2, 0.25) is 5.91 Å². The summed E-state index contributed by atoms with van der Waals surface area (Å²) in [5.41, 5.74) is 4.76. The van der Waals surface area contributed by atoms with Crippen LogP contribution in [0.15, 0.2) is 59.7 Å². The predicted octanol–water partition coefficient (Wildman–Crippen LogP) is 2.99.